The second-order valence-corrected chi connectivity index (χ2v) is 7.99. The third-order valence-electron chi connectivity index (χ3n) is 5.31. The summed E-state index contributed by atoms with van der Waals surface area (Å²) >= 11 is 0. The summed E-state index contributed by atoms with van der Waals surface area (Å²) in [6.45, 7) is 4.76. The number of rotatable bonds is 15. The van der Waals surface area contributed by atoms with Crippen molar-refractivity contribution in [1.29, 1.82) is 0 Å². The molecule has 0 bridgehead atoms. The molecule has 3 aromatic rings. The second kappa shape index (κ2) is 12.6. The van der Waals surface area contributed by atoms with Crippen molar-refractivity contribution in [2.45, 2.75) is 78.2 Å². The Bertz CT molecular complexity index is 1000. The molecule has 0 unspecified atom stereocenters. The van der Waals surface area contributed by atoms with Gasteiger partial charge < -0.3 is 9.84 Å². The molecule has 2 N–H and O–H groups in total. The SMILES string of the molecule is CCCc1c(OCCCCCc2nnn(CCCCc3nn[nH]n3)n2)ccc(C(C)=O)c1O. The van der Waals surface area contributed by atoms with Crippen molar-refractivity contribution in [3.8, 4) is 11.5 Å². The zero-order chi connectivity index (χ0) is 23.5. The van der Waals surface area contributed by atoms with Crippen molar-refractivity contribution in [2.24, 2.45) is 0 Å². The number of phenolic OH excluding ortho intramolecular Hbond substituents is 1. The number of aromatic hydroxyl groups is 1. The molecule has 0 spiro atoms. The van der Waals surface area contributed by atoms with Gasteiger partial charge in [0.05, 0.1) is 18.7 Å². The molecule has 0 atom stereocenters. The highest BCUT2D eigenvalue weighted by atomic mass is 16.5. The number of tetrazole rings is 2. The molecule has 0 fully saturated rings. The fourth-order valence-electron chi connectivity index (χ4n) is 3.57. The molecular weight excluding hydrogens is 424 g/mol. The number of aryl methyl sites for hydroxylation is 3. The van der Waals surface area contributed by atoms with Crippen LogP contribution in [0.1, 0.15) is 79.9 Å². The van der Waals surface area contributed by atoms with E-state index in [4.69, 9.17) is 4.74 Å². The molecule has 0 saturated carbocycles. The fourth-order valence-corrected chi connectivity index (χ4v) is 3.57. The van der Waals surface area contributed by atoms with E-state index in [-0.39, 0.29) is 11.5 Å². The highest BCUT2D eigenvalue weighted by Gasteiger charge is 2.15. The maximum atomic E-state index is 11.7. The molecule has 0 saturated heterocycles. The lowest BCUT2D eigenvalue weighted by atomic mass is 10.0. The van der Waals surface area contributed by atoms with E-state index in [1.165, 1.54) is 6.92 Å². The van der Waals surface area contributed by atoms with Gasteiger partial charge in [-0.1, -0.05) is 18.6 Å². The predicted octanol–water partition coefficient (Wildman–Crippen LogP) is 2.86. The minimum absolute atomic E-state index is 0.0471. The van der Waals surface area contributed by atoms with Crippen LogP contribution >= 0.6 is 0 Å². The van der Waals surface area contributed by atoms with Crippen LogP contribution in [-0.4, -0.2) is 58.3 Å². The Balaban J connectivity index is 1.33. The molecule has 0 aliphatic carbocycles. The van der Waals surface area contributed by atoms with Gasteiger partial charge in [-0.3, -0.25) is 4.79 Å². The molecule has 0 aliphatic heterocycles. The van der Waals surface area contributed by atoms with Gasteiger partial charge in [-0.15, -0.1) is 20.4 Å². The molecule has 2 heterocycles. The first-order chi connectivity index (χ1) is 16.1. The number of ether oxygens (including phenoxy) is 1. The van der Waals surface area contributed by atoms with Gasteiger partial charge in [0.15, 0.2) is 17.4 Å². The van der Waals surface area contributed by atoms with Gasteiger partial charge in [0.1, 0.15) is 11.5 Å². The largest absolute Gasteiger partial charge is 0.507 e. The van der Waals surface area contributed by atoms with Crippen LogP contribution in [0.4, 0.5) is 0 Å². The molecule has 2 aromatic heterocycles. The van der Waals surface area contributed by atoms with Crippen LogP contribution in [-0.2, 0) is 25.8 Å². The van der Waals surface area contributed by atoms with E-state index in [1.807, 2.05) is 6.92 Å². The van der Waals surface area contributed by atoms with E-state index >= 15 is 0 Å². The van der Waals surface area contributed by atoms with Crippen LogP contribution in [0.15, 0.2) is 12.1 Å². The van der Waals surface area contributed by atoms with Gasteiger partial charge >= 0.3 is 0 Å². The lowest BCUT2D eigenvalue weighted by Crippen LogP contribution is -2.04. The van der Waals surface area contributed by atoms with Crippen LogP contribution in [0.5, 0.6) is 11.5 Å². The summed E-state index contributed by atoms with van der Waals surface area (Å²) in [5.41, 5.74) is 1.06. The van der Waals surface area contributed by atoms with Crippen molar-refractivity contribution in [3.63, 3.8) is 0 Å². The molecule has 178 valence electrons. The van der Waals surface area contributed by atoms with Crippen molar-refractivity contribution in [3.05, 3.63) is 34.9 Å². The van der Waals surface area contributed by atoms with Gasteiger partial charge in [-0.05, 0) is 62.8 Å². The van der Waals surface area contributed by atoms with Crippen molar-refractivity contribution >= 4 is 5.78 Å². The Kier molecular flexibility index (Phi) is 9.28. The van der Waals surface area contributed by atoms with Gasteiger partial charge in [0, 0.05) is 18.4 Å². The maximum absolute atomic E-state index is 11.7. The van der Waals surface area contributed by atoms with Gasteiger partial charge in [-0.2, -0.15) is 10.0 Å². The zero-order valence-corrected chi connectivity index (χ0v) is 19.3. The maximum Gasteiger partial charge on any atom is 0.174 e. The van der Waals surface area contributed by atoms with Crippen LogP contribution in [0.2, 0.25) is 0 Å². The van der Waals surface area contributed by atoms with E-state index in [0.717, 1.165) is 63.0 Å². The molecule has 11 heteroatoms. The van der Waals surface area contributed by atoms with E-state index in [9.17, 15) is 9.90 Å². The van der Waals surface area contributed by atoms with Gasteiger partial charge in [-0.25, -0.2) is 0 Å². The van der Waals surface area contributed by atoms with E-state index in [0.29, 0.717) is 36.4 Å². The molecule has 0 radical (unpaired) electrons. The highest BCUT2D eigenvalue weighted by Crippen LogP contribution is 2.33. The number of phenols is 1. The number of ketones is 1. The number of unbranched alkanes of at least 4 members (excludes halogenated alkanes) is 3. The molecular formula is C22H32N8O3. The number of hydrogen-bond donors (Lipinski definition) is 2. The van der Waals surface area contributed by atoms with E-state index in [1.54, 1.807) is 16.9 Å². The van der Waals surface area contributed by atoms with Crippen molar-refractivity contribution in [1.82, 2.24) is 40.8 Å². The summed E-state index contributed by atoms with van der Waals surface area (Å²) in [6, 6.07) is 3.41. The van der Waals surface area contributed by atoms with Crippen LogP contribution in [0, 0.1) is 0 Å². The fraction of sp³-hybridized carbons (Fsp3) is 0.591. The molecule has 33 heavy (non-hydrogen) atoms. The number of carbonyl (C=O) groups excluding carboxylic acids is 1. The van der Waals surface area contributed by atoms with E-state index in [2.05, 4.69) is 36.0 Å². The Morgan fingerprint density at radius 2 is 1.88 bits per heavy atom. The Morgan fingerprint density at radius 3 is 2.64 bits per heavy atom. The summed E-state index contributed by atoms with van der Waals surface area (Å²) in [5, 5.41) is 37.0. The summed E-state index contributed by atoms with van der Waals surface area (Å²) in [7, 11) is 0. The molecule has 1 aromatic carbocycles. The summed E-state index contributed by atoms with van der Waals surface area (Å²) < 4.78 is 5.91. The first-order valence-electron chi connectivity index (χ1n) is 11.6. The highest BCUT2D eigenvalue weighted by molar-refractivity contribution is 5.97. The number of carbonyl (C=O) groups is 1. The number of aromatic nitrogens is 8. The molecule has 3 rings (SSSR count). The normalized spacial score (nSPS) is 11.1. The summed E-state index contributed by atoms with van der Waals surface area (Å²) in [4.78, 5) is 13.3. The number of Topliss-reactive ketones (excluding diaryl/α,β-unsaturated/α-hetero) is 1. The van der Waals surface area contributed by atoms with Crippen LogP contribution in [0.25, 0.3) is 0 Å². The summed E-state index contributed by atoms with van der Waals surface area (Å²) in [6.07, 6.45) is 7.74. The monoisotopic (exact) mass is 456 g/mol. The number of nitrogens with zero attached hydrogens (tertiary/aromatic N) is 7. The number of benzene rings is 1. The minimum atomic E-state index is -0.147. The molecule has 0 amide bonds. The number of H-pyrrole nitrogens is 1. The first-order valence-corrected chi connectivity index (χ1v) is 11.6. The standard InChI is InChI=1S/C22H32N8O3/c1-3-9-18-19(13-12-17(16(2)31)22(18)32)33-15-8-4-5-11-21-25-29-30(26-21)14-7-6-10-20-23-27-28-24-20/h12-13,32H,3-11,14-15H2,1-2H3,(H,23,24,27,28). The minimum Gasteiger partial charge on any atom is -0.507 e. The Morgan fingerprint density at radius 1 is 1.06 bits per heavy atom. The van der Waals surface area contributed by atoms with E-state index < -0.39 is 0 Å². The number of hydrogen-bond acceptors (Lipinski definition) is 9. The smallest absolute Gasteiger partial charge is 0.174 e. The third kappa shape index (κ3) is 7.33. The van der Waals surface area contributed by atoms with Crippen molar-refractivity contribution < 1.29 is 14.6 Å². The third-order valence-corrected chi connectivity index (χ3v) is 5.31. The number of aromatic amines is 1. The molecule has 0 aliphatic rings. The number of nitrogens with one attached hydrogen (secondary N) is 1. The first kappa shape index (κ1) is 24.3. The lowest BCUT2D eigenvalue weighted by molar-refractivity contribution is 0.101. The predicted molar refractivity (Wildman–Crippen MR) is 120 cm³/mol. The van der Waals surface area contributed by atoms with Gasteiger partial charge in [0.25, 0.3) is 0 Å². The lowest BCUT2D eigenvalue weighted by Gasteiger charge is -2.14. The van der Waals surface area contributed by atoms with Crippen LogP contribution < -0.4 is 4.74 Å². The average molecular weight is 457 g/mol. The van der Waals surface area contributed by atoms with Gasteiger partial charge in [0.2, 0.25) is 0 Å². The molecule has 11 nitrogen and oxygen atoms in total. The quantitative estimate of drug-likeness (QED) is 0.260. The Labute approximate surface area is 192 Å². The van der Waals surface area contributed by atoms with Crippen LogP contribution in [0.3, 0.4) is 0 Å². The summed E-state index contributed by atoms with van der Waals surface area (Å²) in [5.74, 6) is 2.03. The zero-order valence-electron chi connectivity index (χ0n) is 19.3. The topological polar surface area (TPSA) is 145 Å². The second-order valence-electron chi connectivity index (χ2n) is 7.99. The Hall–Kier alpha value is -3.37. The van der Waals surface area contributed by atoms with Crippen molar-refractivity contribution in [2.75, 3.05) is 6.61 Å². The average Bonchev–Trinajstić information content (AvgIpc) is 3.48.